The van der Waals surface area contributed by atoms with Crippen LogP contribution in [0.5, 0.6) is 5.75 Å². The van der Waals surface area contributed by atoms with Crippen molar-refractivity contribution in [2.75, 3.05) is 11.5 Å². The fraction of sp³-hybridized carbons (Fsp3) is 0.143. The van der Waals surface area contributed by atoms with E-state index in [-0.39, 0.29) is 5.82 Å². The quantitative estimate of drug-likeness (QED) is 0.733. The molecule has 1 rings (SSSR count). The zero-order chi connectivity index (χ0) is 11.6. The molecule has 0 atom stereocenters. The summed E-state index contributed by atoms with van der Waals surface area (Å²) in [5, 5.41) is 8.49. The van der Waals surface area contributed by atoms with E-state index in [0.29, 0.717) is 0 Å². The van der Waals surface area contributed by atoms with Gasteiger partial charge in [-0.25, -0.2) is 4.98 Å². The van der Waals surface area contributed by atoms with E-state index < -0.39 is 23.5 Å². The second-order valence-corrected chi connectivity index (χ2v) is 2.47. The number of hydrogen-bond donors (Lipinski definition) is 2. The third kappa shape index (κ3) is 2.63. The number of ether oxygens (including phenoxy) is 1. The molecule has 0 unspecified atom stereocenters. The van der Waals surface area contributed by atoms with Crippen LogP contribution in [0.15, 0.2) is 6.07 Å². The summed E-state index contributed by atoms with van der Waals surface area (Å²) in [5.41, 5.74) is 9.40. The van der Waals surface area contributed by atoms with Crippen LogP contribution in [0.1, 0.15) is 5.69 Å². The third-order valence-electron chi connectivity index (χ3n) is 1.35. The van der Waals surface area contributed by atoms with Crippen molar-refractivity contribution in [2.24, 2.45) is 0 Å². The van der Waals surface area contributed by atoms with Crippen LogP contribution < -0.4 is 16.2 Å². The van der Waals surface area contributed by atoms with Gasteiger partial charge < -0.3 is 16.2 Å². The number of anilines is 2. The number of pyridine rings is 1. The minimum Gasteiger partial charge on any atom is -0.400 e. The first-order valence-electron chi connectivity index (χ1n) is 3.55. The summed E-state index contributed by atoms with van der Waals surface area (Å²) < 4.78 is 39.2. The molecule has 0 aliphatic rings. The zero-order valence-electron chi connectivity index (χ0n) is 7.17. The topological polar surface area (TPSA) is 98.0 Å². The van der Waals surface area contributed by atoms with Gasteiger partial charge in [-0.3, -0.25) is 0 Å². The Morgan fingerprint density at radius 3 is 2.47 bits per heavy atom. The number of rotatable bonds is 1. The molecule has 0 fully saturated rings. The average Bonchev–Trinajstić information content (AvgIpc) is 2.07. The summed E-state index contributed by atoms with van der Waals surface area (Å²) in [6.45, 7) is 0. The highest BCUT2D eigenvalue weighted by molar-refractivity contribution is 5.62. The second-order valence-electron chi connectivity index (χ2n) is 2.47. The van der Waals surface area contributed by atoms with Gasteiger partial charge in [0.15, 0.2) is 11.4 Å². The van der Waals surface area contributed by atoms with Crippen molar-refractivity contribution in [1.82, 2.24) is 4.98 Å². The molecule has 8 heteroatoms. The van der Waals surface area contributed by atoms with Crippen LogP contribution in [-0.4, -0.2) is 11.3 Å². The molecule has 1 aromatic rings. The standard InChI is InChI=1S/C7H5F3N4O/c8-7(9,10)15-6-3(12)1-5(13)14-4(6)2-11/h1H,(H4,12,13,14). The first kappa shape index (κ1) is 10.9. The molecule has 1 heterocycles. The predicted molar refractivity (Wildman–Crippen MR) is 44.5 cm³/mol. The van der Waals surface area contributed by atoms with E-state index in [1.54, 1.807) is 0 Å². The molecule has 4 N–H and O–H groups in total. The minimum atomic E-state index is -4.93. The van der Waals surface area contributed by atoms with Crippen molar-refractivity contribution in [3.05, 3.63) is 11.8 Å². The van der Waals surface area contributed by atoms with Crippen LogP contribution in [0.25, 0.3) is 0 Å². The summed E-state index contributed by atoms with van der Waals surface area (Å²) in [7, 11) is 0. The Kier molecular flexibility index (Phi) is 2.57. The lowest BCUT2D eigenvalue weighted by atomic mass is 10.3. The van der Waals surface area contributed by atoms with E-state index in [1.165, 1.54) is 6.07 Å². The van der Waals surface area contributed by atoms with Crippen molar-refractivity contribution in [3.63, 3.8) is 0 Å². The number of halogens is 3. The molecule has 1 aromatic heterocycles. The van der Waals surface area contributed by atoms with Gasteiger partial charge in [0.25, 0.3) is 0 Å². The van der Waals surface area contributed by atoms with Gasteiger partial charge in [0.2, 0.25) is 0 Å². The van der Waals surface area contributed by atoms with E-state index in [4.69, 9.17) is 16.7 Å². The largest absolute Gasteiger partial charge is 0.573 e. The third-order valence-corrected chi connectivity index (χ3v) is 1.35. The highest BCUT2D eigenvalue weighted by Gasteiger charge is 2.33. The minimum absolute atomic E-state index is 0.154. The monoisotopic (exact) mass is 218 g/mol. The maximum atomic E-state index is 11.9. The maximum Gasteiger partial charge on any atom is 0.573 e. The molecule has 0 radical (unpaired) electrons. The lowest BCUT2D eigenvalue weighted by Crippen LogP contribution is -2.19. The van der Waals surface area contributed by atoms with E-state index in [9.17, 15) is 13.2 Å². The number of nitriles is 1. The highest BCUT2D eigenvalue weighted by atomic mass is 19.4. The lowest BCUT2D eigenvalue weighted by molar-refractivity contribution is -0.274. The Morgan fingerprint density at radius 1 is 1.40 bits per heavy atom. The molecule has 0 saturated carbocycles. The van der Waals surface area contributed by atoms with Crippen molar-refractivity contribution < 1.29 is 17.9 Å². The Balaban J connectivity index is 3.23. The van der Waals surface area contributed by atoms with Crippen molar-refractivity contribution in [3.8, 4) is 11.8 Å². The van der Waals surface area contributed by atoms with Gasteiger partial charge in [0, 0.05) is 6.07 Å². The number of alkyl halides is 3. The van der Waals surface area contributed by atoms with Gasteiger partial charge in [-0.2, -0.15) is 5.26 Å². The Bertz CT molecular complexity index is 423. The van der Waals surface area contributed by atoms with E-state index >= 15 is 0 Å². The molecule has 0 bridgehead atoms. The number of aromatic nitrogens is 1. The molecule has 0 aromatic carbocycles. The van der Waals surface area contributed by atoms with Crippen LogP contribution in [0, 0.1) is 11.3 Å². The molecule has 0 spiro atoms. The smallest absolute Gasteiger partial charge is 0.400 e. The number of hydrogen-bond acceptors (Lipinski definition) is 5. The SMILES string of the molecule is N#Cc1nc(N)cc(N)c1OC(F)(F)F. The number of nitrogens with two attached hydrogens (primary N) is 2. The number of nitrogen functional groups attached to an aromatic ring is 2. The van der Waals surface area contributed by atoms with Gasteiger partial charge in [-0.15, -0.1) is 13.2 Å². The van der Waals surface area contributed by atoms with Crippen molar-refractivity contribution in [1.29, 1.82) is 5.26 Å². The number of nitrogens with zero attached hydrogens (tertiary/aromatic N) is 2. The Hall–Kier alpha value is -2.17. The summed E-state index contributed by atoms with van der Waals surface area (Å²) >= 11 is 0. The fourth-order valence-electron chi connectivity index (χ4n) is 0.872. The molecular formula is C7H5F3N4O. The average molecular weight is 218 g/mol. The molecule has 15 heavy (non-hydrogen) atoms. The van der Waals surface area contributed by atoms with Crippen LogP contribution >= 0.6 is 0 Å². The molecular weight excluding hydrogens is 213 g/mol. The second kappa shape index (κ2) is 3.53. The van der Waals surface area contributed by atoms with E-state index in [2.05, 4.69) is 9.72 Å². The molecule has 0 saturated heterocycles. The van der Waals surface area contributed by atoms with Crippen LogP contribution in [0.3, 0.4) is 0 Å². The van der Waals surface area contributed by atoms with Gasteiger partial charge in [0.05, 0.1) is 5.69 Å². The van der Waals surface area contributed by atoms with Gasteiger partial charge in [-0.1, -0.05) is 0 Å². The molecule has 0 aliphatic heterocycles. The van der Waals surface area contributed by atoms with E-state index in [0.717, 1.165) is 6.07 Å². The molecule has 0 amide bonds. The fourth-order valence-corrected chi connectivity index (χ4v) is 0.872. The normalized spacial score (nSPS) is 10.8. The predicted octanol–water partition coefficient (Wildman–Crippen LogP) is 1.02. The van der Waals surface area contributed by atoms with Gasteiger partial charge in [0.1, 0.15) is 11.9 Å². The Labute approximate surface area is 82.1 Å². The highest BCUT2D eigenvalue weighted by Crippen LogP contribution is 2.31. The summed E-state index contributed by atoms with van der Waals surface area (Å²) in [6, 6.07) is 2.38. The molecule has 80 valence electrons. The summed E-state index contributed by atoms with van der Waals surface area (Å²) in [6.07, 6.45) is -4.93. The first-order chi connectivity index (χ1) is 6.83. The summed E-state index contributed by atoms with van der Waals surface area (Å²) in [4.78, 5) is 3.35. The lowest BCUT2D eigenvalue weighted by Gasteiger charge is -2.11. The van der Waals surface area contributed by atoms with Crippen LogP contribution in [0.2, 0.25) is 0 Å². The zero-order valence-corrected chi connectivity index (χ0v) is 7.17. The van der Waals surface area contributed by atoms with Gasteiger partial charge in [-0.05, 0) is 0 Å². The maximum absolute atomic E-state index is 11.9. The van der Waals surface area contributed by atoms with Gasteiger partial charge >= 0.3 is 6.36 Å². The molecule has 5 nitrogen and oxygen atoms in total. The molecule has 0 aliphatic carbocycles. The van der Waals surface area contributed by atoms with Crippen molar-refractivity contribution >= 4 is 11.5 Å². The van der Waals surface area contributed by atoms with E-state index in [1.807, 2.05) is 0 Å². The van der Waals surface area contributed by atoms with Crippen molar-refractivity contribution in [2.45, 2.75) is 6.36 Å². The Morgan fingerprint density at radius 2 is 2.00 bits per heavy atom. The van der Waals surface area contributed by atoms with Crippen LogP contribution in [-0.2, 0) is 0 Å². The summed E-state index contributed by atoms with van der Waals surface area (Å²) in [5.74, 6) is -0.988. The van der Waals surface area contributed by atoms with Crippen LogP contribution in [0.4, 0.5) is 24.7 Å². The first-order valence-corrected chi connectivity index (χ1v) is 3.55.